The van der Waals surface area contributed by atoms with Crippen molar-refractivity contribution in [1.29, 1.82) is 0 Å². The SMILES string of the molecule is CC(N)C=O.CN[C@@H](C)C(=O)N(C)[C@@H](C)c1ncc(-c2ccc(-c3ccc(-c4nc([C@@H]5CCCN5C)[nH]c4C(F)(F)F)cc3)cc2)[nH]1.COC=O. The number of carbonyl (C=O) groups excluding carboxylic acids is 3. The number of alkyl halides is 3. The number of likely N-dealkylation sites (tertiary alicyclic amines) is 1. The number of nitrogens with one attached hydrogen (secondary N) is 3. The Morgan fingerprint density at radius 1 is 1.04 bits per heavy atom. The maximum atomic E-state index is 13.9. The molecule has 1 amide bonds. The van der Waals surface area contributed by atoms with E-state index in [1.54, 1.807) is 44.2 Å². The number of ether oxygens (including phenoxy) is 1. The number of aromatic nitrogens is 4. The number of methoxy groups -OCH3 is 1. The summed E-state index contributed by atoms with van der Waals surface area (Å²) in [6.45, 7) is 6.58. The van der Waals surface area contributed by atoms with Gasteiger partial charge in [0.1, 0.15) is 29.3 Å². The Hall–Kier alpha value is -4.86. The molecule has 1 unspecified atom stereocenters. The van der Waals surface area contributed by atoms with Crippen molar-refractivity contribution in [1.82, 2.24) is 35.1 Å². The molecule has 0 spiro atoms. The third-order valence-corrected chi connectivity index (χ3v) is 8.56. The number of aromatic amines is 2. The summed E-state index contributed by atoms with van der Waals surface area (Å²) in [7, 11) is 6.73. The van der Waals surface area contributed by atoms with Gasteiger partial charge in [0.05, 0.1) is 43.2 Å². The van der Waals surface area contributed by atoms with Gasteiger partial charge in [0.2, 0.25) is 5.91 Å². The molecule has 51 heavy (non-hydrogen) atoms. The minimum absolute atomic E-state index is 0.0258. The topological polar surface area (TPSA) is 162 Å². The third kappa shape index (κ3) is 10.6. The minimum Gasteiger partial charge on any atom is -0.471 e. The molecule has 276 valence electrons. The maximum absolute atomic E-state index is 13.9. The van der Waals surface area contributed by atoms with E-state index in [9.17, 15) is 22.8 Å². The molecule has 4 aromatic rings. The van der Waals surface area contributed by atoms with Crippen molar-refractivity contribution in [3.63, 3.8) is 0 Å². The number of halogens is 3. The monoisotopic (exact) mass is 712 g/mol. The lowest BCUT2D eigenvalue weighted by molar-refractivity contribution is -0.140. The van der Waals surface area contributed by atoms with Crippen LogP contribution < -0.4 is 11.1 Å². The molecule has 1 saturated heterocycles. The lowest BCUT2D eigenvalue weighted by atomic mass is 10.0. The molecule has 1 aliphatic heterocycles. The number of amides is 1. The first kappa shape index (κ1) is 40.6. The number of H-pyrrole nitrogens is 2. The molecule has 2 aromatic carbocycles. The molecule has 0 saturated carbocycles. The third-order valence-electron chi connectivity index (χ3n) is 8.56. The van der Waals surface area contributed by atoms with Crippen molar-refractivity contribution < 1.29 is 32.3 Å². The van der Waals surface area contributed by atoms with E-state index in [0.717, 1.165) is 41.8 Å². The number of nitrogens with two attached hydrogens (primary N) is 1. The van der Waals surface area contributed by atoms with E-state index in [1.807, 2.05) is 62.2 Å². The van der Waals surface area contributed by atoms with Crippen LogP contribution >= 0.6 is 0 Å². The molecule has 3 heterocycles. The lowest BCUT2D eigenvalue weighted by Gasteiger charge is -2.26. The van der Waals surface area contributed by atoms with Crippen LogP contribution in [0.5, 0.6) is 0 Å². The summed E-state index contributed by atoms with van der Waals surface area (Å²) in [5.74, 6) is 1.02. The summed E-state index contributed by atoms with van der Waals surface area (Å²) in [6.07, 6.45) is -0.384. The van der Waals surface area contributed by atoms with Crippen LogP contribution in [0.15, 0.2) is 54.7 Å². The summed E-state index contributed by atoms with van der Waals surface area (Å²) < 4.78 is 45.6. The van der Waals surface area contributed by atoms with Gasteiger partial charge in [-0.1, -0.05) is 48.5 Å². The predicted octanol–water partition coefficient (Wildman–Crippen LogP) is 5.37. The summed E-state index contributed by atoms with van der Waals surface area (Å²) in [5.41, 5.74) is 8.01. The molecular weight excluding hydrogens is 665 g/mol. The first-order valence-corrected chi connectivity index (χ1v) is 16.4. The molecule has 12 nitrogen and oxygen atoms in total. The van der Waals surface area contributed by atoms with Crippen LogP contribution in [0.4, 0.5) is 13.2 Å². The number of carbonyl (C=O) groups is 3. The van der Waals surface area contributed by atoms with Crippen LogP contribution in [-0.2, 0) is 25.3 Å². The van der Waals surface area contributed by atoms with Crippen molar-refractivity contribution >= 4 is 18.7 Å². The molecule has 1 aliphatic rings. The fraction of sp³-hybridized carbons (Fsp3) is 0.417. The van der Waals surface area contributed by atoms with Crippen LogP contribution in [-0.4, -0.2) is 95.3 Å². The molecule has 2 aromatic heterocycles. The normalized spacial score (nSPS) is 16.1. The number of benzene rings is 2. The number of rotatable bonds is 10. The summed E-state index contributed by atoms with van der Waals surface area (Å²) in [5, 5.41) is 2.96. The highest BCUT2D eigenvalue weighted by atomic mass is 19.4. The number of hydrogen-bond acceptors (Lipinski definition) is 9. The summed E-state index contributed by atoms with van der Waals surface area (Å²) in [4.78, 5) is 49.4. The van der Waals surface area contributed by atoms with Crippen LogP contribution in [0.3, 0.4) is 0 Å². The minimum atomic E-state index is -4.54. The molecular formula is C36H47F3N8O4. The number of hydrogen-bond donors (Lipinski definition) is 4. The zero-order chi connectivity index (χ0) is 37.9. The zero-order valence-corrected chi connectivity index (χ0v) is 29.9. The van der Waals surface area contributed by atoms with E-state index in [-0.39, 0.29) is 35.8 Å². The molecule has 1 fully saturated rings. The van der Waals surface area contributed by atoms with Crippen LogP contribution in [0.25, 0.3) is 33.6 Å². The van der Waals surface area contributed by atoms with Crippen LogP contribution in [0.1, 0.15) is 63.0 Å². The van der Waals surface area contributed by atoms with Gasteiger partial charge in [-0.15, -0.1) is 0 Å². The highest BCUT2D eigenvalue weighted by Gasteiger charge is 2.39. The van der Waals surface area contributed by atoms with Crippen LogP contribution in [0, 0.1) is 0 Å². The Morgan fingerprint density at radius 2 is 1.57 bits per heavy atom. The fourth-order valence-electron chi connectivity index (χ4n) is 5.38. The van der Waals surface area contributed by atoms with Gasteiger partial charge in [0.25, 0.3) is 6.47 Å². The first-order valence-electron chi connectivity index (χ1n) is 16.4. The van der Waals surface area contributed by atoms with Crippen molar-refractivity contribution in [2.45, 2.75) is 64.0 Å². The Kier molecular flexibility index (Phi) is 14.6. The molecule has 0 radical (unpaired) electrons. The van der Waals surface area contributed by atoms with E-state index in [2.05, 4.69) is 30.0 Å². The summed E-state index contributed by atoms with van der Waals surface area (Å²) in [6, 6.07) is 13.9. The highest BCUT2D eigenvalue weighted by Crippen LogP contribution is 2.39. The van der Waals surface area contributed by atoms with E-state index < -0.39 is 11.9 Å². The van der Waals surface area contributed by atoms with Crippen molar-refractivity contribution in [2.75, 3.05) is 34.8 Å². The lowest BCUT2D eigenvalue weighted by Crippen LogP contribution is -2.42. The Morgan fingerprint density at radius 3 is 2.02 bits per heavy atom. The molecule has 5 rings (SSSR count). The molecule has 15 heteroatoms. The van der Waals surface area contributed by atoms with Gasteiger partial charge in [-0.2, -0.15) is 13.2 Å². The Labute approximate surface area is 296 Å². The zero-order valence-electron chi connectivity index (χ0n) is 29.9. The quantitative estimate of drug-likeness (QED) is 0.159. The number of imidazole rings is 2. The van der Waals surface area contributed by atoms with E-state index >= 15 is 0 Å². The molecule has 0 bridgehead atoms. The van der Waals surface area contributed by atoms with Gasteiger partial charge in [0, 0.05) is 12.6 Å². The molecule has 0 aliphatic carbocycles. The molecule has 4 atom stereocenters. The number of nitrogens with zero attached hydrogens (tertiary/aromatic N) is 4. The average Bonchev–Trinajstić information content (AvgIpc) is 3.91. The van der Waals surface area contributed by atoms with Crippen molar-refractivity contribution in [3.8, 4) is 33.6 Å². The van der Waals surface area contributed by atoms with E-state index in [0.29, 0.717) is 30.0 Å². The predicted molar refractivity (Wildman–Crippen MR) is 189 cm³/mol. The van der Waals surface area contributed by atoms with Gasteiger partial charge >= 0.3 is 6.18 Å². The second-order valence-electron chi connectivity index (χ2n) is 12.3. The Bertz CT molecular complexity index is 1700. The van der Waals surface area contributed by atoms with Crippen molar-refractivity contribution in [2.24, 2.45) is 5.73 Å². The average molecular weight is 713 g/mol. The second kappa shape index (κ2) is 18.4. The van der Waals surface area contributed by atoms with Gasteiger partial charge in [-0.25, -0.2) is 9.97 Å². The highest BCUT2D eigenvalue weighted by molar-refractivity contribution is 5.81. The second-order valence-corrected chi connectivity index (χ2v) is 12.3. The van der Waals surface area contributed by atoms with Gasteiger partial charge < -0.3 is 35.4 Å². The first-order chi connectivity index (χ1) is 24.2. The van der Waals surface area contributed by atoms with Gasteiger partial charge in [-0.3, -0.25) is 14.5 Å². The Balaban J connectivity index is 0.000000697. The maximum Gasteiger partial charge on any atom is 0.433 e. The fourth-order valence-corrected chi connectivity index (χ4v) is 5.38. The molecule has 5 N–H and O–H groups in total. The smallest absolute Gasteiger partial charge is 0.433 e. The van der Waals surface area contributed by atoms with Gasteiger partial charge in [0.15, 0.2) is 0 Å². The van der Waals surface area contributed by atoms with E-state index in [4.69, 9.17) is 10.5 Å². The summed E-state index contributed by atoms with van der Waals surface area (Å²) >= 11 is 0. The van der Waals surface area contributed by atoms with Gasteiger partial charge in [-0.05, 0) is 70.9 Å². The van der Waals surface area contributed by atoms with Crippen LogP contribution in [0.2, 0.25) is 0 Å². The van der Waals surface area contributed by atoms with Crippen molar-refractivity contribution in [3.05, 3.63) is 72.1 Å². The number of likely N-dealkylation sites (N-methyl/N-ethyl adjacent to an activating group) is 2. The van der Waals surface area contributed by atoms with E-state index in [1.165, 1.54) is 7.11 Å². The largest absolute Gasteiger partial charge is 0.471 e. The number of aldehydes is 1. The standard InChI is InChI=1S/C31H36F3N7O.C3H7NO.C2H4O2/c1-18(35-3)30(42)41(5)19(2)28-36-17-24(37-28)22-12-8-20(9-13-22)21-10-14-23(15-11-21)26-27(31(32,33)34)39-29(38-26)25-7-6-16-40(25)4;1-3(4)2-5;1-4-2-3/h8-15,17-19,25,35H,6-7,16H2,1-5H3,(H,36,37)(H,38,39);2-3H,4H2,1H3;2H,1H3/t18-,19-,25-;;/m0../s1.